The number of oxazole rings is 1. The number of nitrogens with one attached hydrogen (secondary N) is 1. The number of ether oxygens (including phenoxy) is 1. The molecule has 1 N–H and O–H groups in total. The number of likely N-dealkylation sites (N-methyl/N-ethyl adjacent to an activating group) is 1. The second kappa shape index (κ2) is 16.1. The fourth-order valence-corrected chi connectivity index (χ4v) is 9.26. The van der Waals surface area contributed by atoms with Gasteiger partial charge in [0.25, 0.3) is 0 Å². The third-order valence-electron chi connectivity index (χ3n) is 10.6. The van der Waals surface area contributed by atoms with E-state index in [9.17, 15) is 4.79 Å². The molecule has 2 aromatic heterocycles. The summed E-state index contributed by atoms with van der Waals surface area (Å²) in [6.07, 6.45) is 19.2. The summed E-state index contributed by atoms with van der Waals surface area (Å²) >= 11 is 3.47. The van der Waals surface area contributed by atoms with Gasteiger partial charge >= 0.3 is 6.09 Å². The van der Waals surface area contributed by atoms with E-state index in [0.717, 1.165) is 48.1 Å². The van der Waals surface area contributed by atoms with Gasteiger partial charge in [-0.3, -0.25) is 0 Å². The van der Waals surface area contributed by atoms with Gasteiger partial charge < -0.3 is 29.2 Å². The molecule has 4 aliphatic rings. The fourth-order valence-electron chi connectivity index (χ4n) is 7.52. The Balaban J connectivity index is 0.864. The van der Waals surface area contributed by atoms with E-state index in [1.165, 1.54) is 74.5 Å². The van der Waals surface area contributed by atoms with E-state index in [2.05, 4.69) is 64.1 Å². The van der Waals surface area contributed by atoms with E-state index in [1.807, 2.05) is 45.1 Å². The first kappa shape index (κ1) is 37.4. The number of nitrogens with zero attached hydrogens (tertiary/aromatic N) is 5. The molecule has 2 unspecified atom stereocenters. The summed E-state index contributed by atoms with van der Waals surface area (Å²) in [5.74, 6) is 4.23. The monoisotopic (exact) mass is 724 g/mol. The molecule has 2 saturated heterocycles. The van der Waals surface area contributed by atoms with Crippen LogP contribution in [0.3, 0.4) is 0 Å². The summed E-state index contributed by atoms with van der Waals surface area (Å²) in [6, 6.07) is 0.846. The predicted molar refractivity (Wildman–Crippen MR) is 205 cm³/mol. The lowest BCUT2D eigenvalue weighted by atomic mass is 9.89. The second-order valence-corrected chi connectivity index (χ2v) is 19.3. The summed E-state index contributed by atoms with van der Waals surface area (Å²) in [5, 5.41) is 4.64. The van der Waals surface area contributed by atoms with Gasteiger partial charge in [0, 0.05) is 31.6 Å². The quantitative estimate of drug-likeness (QED) is 0.217. The normalized spacial score (nSPS) is 22.4. The molecule has 9 nitrogen and oxygen atoms in total. The van der Waals surface area contributed by atoms with Crippen molar-refractivity contribution in [2.24, 2.45) is 17.8 Å². The van der Waals surface area contributed by atoms with Crippen LogP contribution in [0.2, 0.25) is 0 Å². The summed E-state index contributed by atoms with van der Waals surface area (Å²) in [7, 11) is 1.91. The Morgan fingerprint density at radius 3 is 2.42 bits per heavy atom. The van der Waals surface area contributed by atoms with Gasteiger partial charge in [-0.1, -0.05) is 50.3 Å². The summed E-state index contributed by atoms with van der Waals surface area (Å²) in [4.78, 5) is 29.2. The number of thioether (sulfide) groups is 1. The van der Waals surface area contributed by atoms with Crippen molar-refractivity contribution in [2.45, 2.75) is 120 Å². The lowest BCUT2D eigenvalue weighted by Gasteiger charge is -2.42. The average molecular weight is 725 g/mol. The van der Waals surface area contributed by atoms with Crippen molar-refractivity contribution in [3.63, 3.8) is 0 Å². The van der Waals surface area contributed by atoms with Crippen LogP contribution in [0.15, 0.2) is 44.8 Å². The Morgan fingerprint density at radius 2 is 1.80 bits per heavy atom. The van der Waals surface area contributed by atoms with E-state index < -0.39 is 5.60 Å². The molecular weight excluding hydrogens is 665 g/mol. The first-order valence-corrected chi connectivity index (χ1v) is 20.7. The van der Waals surface area contributed by atoms with Crippen LogP contribution >= 0.6 is 23.1 Å². The summed E-state index contributed by atoms with van der Waals surface area (Å²) in [5.41, 5.74) is 0.792. The zero-order chi connectivity index (χ0) is 35.5. The van der Waals surface area contributed by atoms with Crippen LogP contribution in [0.5, 0.6) is 0 Å². The van der Waals surface area contributed by atoms with Crippen LogP contribution in [-0.2, 0) is 15.9 Å². The first-order valence-electron chi connectivity index (χ1n) is 18.9. The number of carbonyl (C=O) groups is 1. The van der Waals surface area contributed by atoms with Crippen LogP contribution in [0.1, 0.15) is 98.1 Å². The molecule has 3 fully saturated rings. The third kappa shape index (κ3) is 10.4. The molecule has 11 heteroatoms. The van der Waals surface area contributed by atoms with Gasteiger partial charge in [0.2, 0.25) is 5.89 Å². The molecule has 2 atom stereocenters. The molecule has 0 aromatic carbocycles. The first-order chi connectivity index (χ1) is 23.8. The number of likely N-dealkylation sites (tertiary alicyclic amines) is 2. The van der Waals surface area contributed by atoms with Crippen molar-refractivity contribution in [3.05, 3.63) is 47.8 Å². The number of hydrogen-bond donors (Lipinski definition) is 1. The van der Waals surface area contributed by atoms with Crippen LogP contribution in [0, 0.1) is 17.8 Å². The minimum atomic E-state index is -0.478. The van der Waals surface area contributed by atoms with Gasteiger partial charge in [-0.2, -0.15) is 0 Å². The molecule has 4 heterocycles. The highest BCUT2D eigenvalue weighted by atomic mass is 32.2. The summed E-state index contributed by atoms with van der Waals surface area (Å²) < 4.78 is 12.8. The summed E-state index contributed by atoms with van der Waals surface area (Å²) in [6.45, 7) is 19.2. The molecule has 0 radical (unpaired) electrons. The smallest absolute Gasteiger partial charge is 0.410 e. The van der Waals surface area contributed by atoms with Crippen molar-refractivity contribution >= 4 is 34.3 Å². The number of anilines is 1. The van der Waals surface area contributed by atoms with Crippen molar-refractivity contribution in [1.29, 1.82) is 0 Å². The van der Waals surface area contributed by atoms with Gasteiger partial charge in [-0.15, -0.1) is 11.8 Å². The fraction of sp³-hybridized carbons (Fsp3) is 0.718. The van der Waals surface area contributed by atoms with Crippen molar-refractivity contribution in [2.75, 3.05) is 51.6 Å². The van der Waals surface area contributed by atoms with Crippen LogP contribution in [-0.4, -0.2) is 94.8 Å². The van der Waals surface area contributed by atoms with Gasteiger partial charge in [0.1, 0.15) is 11.4 Å². The maximum Gasteiger partial charge on any atom is 0.410 e. The standard InChI is InChI=1S/C39H60N6O3S2/c1-38(2,3)32-23-40-33(47-32)26-49-34-24-42-36(50-34)41-22-27-14-20-45(21-15-27)31-16-18-44(19-17-31)25-28-8-10-29(11-9-28)35(30-12-13-30)43(7)37(46)48-39(4,5)6/h8,10-11,23-24,27-28,30-31,35H,9,12-22,25-26H2,1-7H3,(H,41,42). The molecule has 0 bridgehead atoms. The Hall–Kier alpha value is -2.34. The van der Waals surface area contributed by atoms with Gasteiger partial charge in [-0.05, 0) is 115 Å². The van der Waals surface area contributed by atoms with E-state index in [4.69, 9.17) is 9.15 Å². The van der Waals surface area contributed by atoms with E-state index in [1.54, 1.807) is 23.1 Å². The maximum absolute atomic E-state index is 12.8. The molecule has 0 spiro atoms. The number of carbonyl (C=O) groups excluding carboxylic acids is 1. The Bertz CT molecular complexity index is 1470. The molecule has 6 rings (SSSR count). The molecule has 2 aliphatic heterocycles. The molecular formula is C39H60N6O3S2. The highest BCUT2D eigenvalue weighted by Crippen LogP contribution is 2.40. The van der Waals surface area contributed by atoms with E-state index in [0.29, 0.717) is 17.8 Å². The number of aromatic nitrogens is 2. The number of rotatable bonds is 12. The zero-order valence-corrected chi connectivity index (χ0v) is 33.1. The number of hydrogen-bond acceptors (Lipinski definition) is 10. The number of amides is 1. The molecule has 2 aromatic rings. The Morgan fingerprint density at radius 1 is 1.06 bits per heavy atom. The van der Waals surface area contributed by atoms with Crippen molar-refractivity contribution in [1.82, 2.24) is 24.7 Å². The van der Waals surface area contributed by atoms with E-state index in [-0.39, 0.29) is 17.6 Å². The minimum absolute atomic E-state index is 0.0202. The number of piperidine rings is 2. The van der Waals surface area contributed by atoms with Crippen LogP contribution in [0.4, 0.5) is 9.93 Å². The molecule has 50 heavy (non-hydrogen) atoms. The second-order valence-electron chi connectivity index (χ2n) is 17.0. The third-order valence-corrected chi connectivity index (χ3v) is 12.7. The lowest BCUT2D eigenvalue weighted by molar-refractivity contribution is 0.0233. The average Bonchev–Trinajstić information content (AvgIpc) is 3.58. The molecule has 1 saturated carbocycles. The zero-order valence-electron chi connectivity index (χ0n) is 31.5. The van der Waals surface area contributed by atoms with Crippen molar-refractivity contribution in [3.8, 4) is 0 Å². The SMILES string of the molecule is CN(C(=O)OC(C)(C)C)C(C1=CCC(CN2CCC(N3CCC(CNc4ncc(SCc5ncc(C(C)(C)C)o5)s4)CC3)CC2)C=C1)C1CC1. The maximum atomic E-state index is 12.8. The number of allylic oxidation sites excluding steroid dienone is 1. The Kier molecular flexibility index (Phi) is 12.1. The largest absolute Gasteiger partial charge is 0.444 e. The van der Waals surface area contributed by atoms with Crippen LogP contribution < -0.4 is 5.32 Å². The topological polar surface area (TPSA) is 87.0 Å². The van der Waals surface area contributed by atoms with Gasteiger partial charge in [0.05, 0.1) is 28.4 Å². The van der Waals surface area contributed by atoms with Gasteiger partial charge in [-0.25, -0.2) is 14.8 Å². The molecule has 2 aliphatic carbocycles. The molecule has 1 amide bonds. The van der Waals surface area contributed by atoms with Crippen LogP contribution in [0.25, 0.3) is 0 Å². The highest BCUT2D eigenvalue weighted by Gasteiger charge is 2.39. The lowest BCUT2D eigenvalue weighted by Crippen LogP contribution is -2.48. The predicted octanol–water partition coefficient (Wildman–Crippen LogP) is 8.46. The molecule has 276 valence electrons. The highest BCUT2D eigenvalue weighted by molar-refractivity contribution is 8.00. The van der Waals surface area contributed by atoms with Crippen molar-refractivity contribution < 1.29 is 13.9 Å². The Labute approximate surface area is 308 Å². The van der Waals surface area contributed by atoms with E-state index >= 15 is 0 Å². The minimum Gasteiger partial charge on any atom is -0.444 e. The number of thiazole rings is 1. The van der Waals surface area contributed by atoms with Gasteiger partial charge in [0.15, 0.2) is 5.13 Å².